The fourth-order valence-corrected chi connectivity index (χ4v) is 2.93. The lowest BCUT2D eigenvalue weighted by molar-refractivity contribution is -0.0498. The van der Waals surface area contributed by atoms with Crippen LogP contribution in [-0.4, -0.2) is 34.8 Å². The Kier molecular flexibility index (Phi) is 6.23. The first kappa shape index (κ1) is 20.5. The molecule has 2 aromatic carbocycles. The Morgan fingerprint density at radius 1 is 1.10 bits per heavy atom. The van der Waals surface area contributed by atoms with Crippen molar-refractivity contribution in [2.75, 3.05) is 6.61 Å². The highest BCUT2D eigenvalue weighted by Gasteiger charge is 2.23. The Hall–Kier alpha value is -3.26. The zero-order valence-corrected chi connectivity index (χ0v) is 15.9. The molecular formula is C20H15ClF2N2O4. The SMILES string of the molecule is Cc1nn(-c2ccccc2)c(Cl)c1C(=O)OCC(=O)c1ccc(OC(F)F)cc1. The van der Waals surface area contributed by atoms with Crippen molar-refractivity contribution in [2.24, 2.45) is 0 Å². The van der Waals surface area contributed by atoms with E-state index in [1.807, 2.05) is 6.07 Å². The average molecular weight is 421 g/mol. The largest absolute Gasteiger partial charge is 0.454 e. The number of rotatable bonds is 7. The van der Waals surface area contributed by atoms with Crippen LogP contribution in [0.2, 0.25) is 5.15 Å². The van der Waals surface area contributed by atoms with Crippen molar-refractivity contribution >= 4 is 23.4 Å². The number of Topliss-reactive ketones (excluding diaryl/α,β-unsaturated/α-hetero) is 1. The van der Waals surface area contributed by atoms with Gasteiger partial charge in [0, 0.05) is 5.56 Å². The third-order valence-electron chi connectivity index (χ3n) is 3.94. The number of hydrogen-bond donors (Lipinski definition) is 0. The Morgan fingerprint density at radius 2 is 1.76 bits per heavy atom. The van der Waals surface area contributed by atoms with E-state index in [0.29, 0.717) is 11.4 Å². The minimum atomic E-state index is -2.96. The number of benzene rings is 2. The molecule has 1 aromatic heterocycles. The van der Waals surface area contributed by atoms with Crippen LogP contribution in [0.4, 0.5) is 8.78 Å². The number of hydrogen-bond acceptors (Lipinski definition) is 5. The smallest absolute Gasteiger partial charge is 0.387 e. The highest BCUT2D eigenvalue weighted by Crippen LogP contribution is 2.24. The topological polar surface area (TPSA) is 70.4 Å². The first-order chi connectivity index (χ1) is 13.9. The van der Waals surface area contributed by atoms with Gasteiger partial charge in [0.2, 0.25) is 0 Å². The van der Waals surface area contributed by atoms with E-state index >= 15 is 0 Å². The zero-order chi connectivity index (χ0) is 21.0. The fraction of sp³-hybridized carbons (Fsp3) is 0.150. The first-order valence-corrected chi connectivity index (χ1v) is 8.80. The molecule has 0 N–H and O–H groups in total. The van der Waals surface area contributed by atoms with Crippen LogP contribution in [-0.2, 0) is 4.74 Å². The normalized spacial score (nSPS) is 10.8. The number of aromatic nitrogens is 2. The highest BCUT2D eigenvalue weighted by molar-refractivity contribution is 6.33. The quantitative estimate of drug-likeness (QED) is 0.416. The van der Waals surface area contributed by atoms with Crippen LogP contribution in [0.15, 0.2) is 54.6 Å². The van der Waals surface area contributed by atoms with Crippen molar-refractivity contribution in [3.05, 3.63) is 76.6 Å². The Morgan fingerprint density at radius 3 is 2.38 bits per heavy atom. The summed E-state index contributed by atoms with van der Waals surface area (Å²) in [5.41, 5.74) is 1.26. The van der Waals surface area contributed by atoms with Gasteiger partial charge in [-0.25, -0.2) is 9.48 Å². The molecule has 3 aromatic rings. The number of carbonyl (C=O) groups is 2. The minimum Gasteiger partial charge on any atom is -0.454 e. The number of aryl methyl sites for hydroxylation is 1. The summed E-state index contributed by atoms with van der Waals surface area (Å²) in [4.78, 5) is 24.6. The van der Waals surface area contributed by atoms with E-state index in [9.17, 15) is 18.4 Å². The van der Waals surface area contributed by atoms with Crippen LogP contribution in [0.3, 0.4) is 0 Å². The molecule has 0 bridgehead atoms. The molecule has 0 atom stereocenters. The Labute approximate surface area is 169 Å². The maximum atomic E-state index is 12.4. The molecule has 0 unspecified atom stereocenters. The van der Waals surface area contributed by atoms with Gasteiger partial charge in [-0.1, -0.05) is 29.8 Å². The monoisotopic (exact) mass is 420 g/mol. The first-order valence-electron chi connectivity index (χ1n) is 8.42. The lowest BCUT2D eigenvalue weighted by Crippen LogP contribution is -2.15. The molecule has 9 heteroatoms. The van der Waals surface area contributed by atoms with Crippen LogP contribution in [0.1, 0.15) is 26.4 Å². The van der Waals surface area contributed by atoms with Crippen molar-refractivity contribution in [1.82, 2.24) is 9.78 Å². The zero-order valence-electron chi connectivity index (χ0n) is 15.1. The van der Waals surface area contributed by atoms with Crippen LogP contribution < -0.4 is 4.74 Å². The fourth-order valence-electron chi connectivity index (χ4n) is 2.58. The number of halogens is 3. The standard InChI is InChI=1S/C20H15ClF2N2O4/c1-12-17(18(21)25(24-12)14-5-3-2-4-6-14)19(27)28-11-16(26)13-7-9-15(10-8-13)29-20(22)23/h2-10,20H,11H2,1H3. The second-order valence-electron chi connectivity index (χ2n) is 5.90. The van der Waals surface area contributed by atoms with Gasteiger partial charge < -0.3 is 9.47 Å². The molecule has 0 spiro atoms. The summed E-state index contributed by atoms with van der Waals surface area (Å²) in [7, 11) is 0. The molecule has 0 radical (unpaired) electrons. The van der Waals surface area contributed by atoms with Crippen molar-refractivity contribution in [3.8, 4) is 11.4 Å². The lowest BCUT2D eigenvalue weighted by atomic mass is 10.1. The maximum absolute atomic E-state index is 12.4. The molecule has 0 aliphatic carbocycles. The lowest BCUT2D eigenvalue weighted by Gasteiger charge is -2.07. The van der Waals surface area contributed by atoms with Gasteiger partial charge in [0.25, 0.3) is 0 Å². The van der Waals surface area contributed by atoms with Crippen LogP contribution in [0.5, 0.6) is 5.75 Å². The van der Waals surface area contributed by atoms with Gasteiger partial charge in [-0.05, 0) is 43.3 Å². The number of ether oxygens (including phenoxy) is 2. The predicted octanol–water partition coefficient (Wildman–Crippen LogP) is 4.48. The van der Waals surface area contributed by atoms with Crippen molar-refractivity contribution < 1.29 is 27.8 Å². The van der Waals surface area contributed by atoms with Crippen LogP contribution in [0, 0.1) is 6.92 Å². The van der Waals surface area contributed by atoms with E-state index in [1.54, 1.807) is 31.2 Å². The minimum absolute atomic E-state index is 0.0593. The molecule has 0 aliphatic heterocycles. The third kappa shape index (κ3) is 4.78. The van der Waals surface area contributed by atoms with E-state index < -0.39 is 25.0 Å². The molecule has 0 saturated heterocycles. The van der Waals surface area contributed by atoms with Gasteiger partial charge in [-0.15, -0.1) is 0 Å². The molecule has 3 rings (SSSR count). The van der Waals surface area contributed by atoms with E-state index in [4.69, 9.17) is 16.3 Å². The van der Waals surface area contributed by atoms with E-state index in [0.717, 1.165) is 0 Å². The van der Waals surface area contributed by atoms with Crippen LogP contribution >= 0.6 is 11.6 Å². The van der Waals surface area contributed by atoms with Crippen molar-refractivity contribution in [3.63, 3.8) is 0 Å². The summed E-state index contributed by atoms with van der Waals surface area (Å²) >= 11 is 6.29. The van der Waals surface area contributed by atoms with Crippen molar-refractivity contribution in [2.45, 2.75) is 13.5 Å². The number of nitrogens with zero attached hydrogens (tertiary/aromatic N) is 2. The molecule has 0 amide bonds. The summed E-state index contributed by atoms with van der Waals surface area (Å²) in [6.45, 7) is -1.90. The molecule has 29 heavy (non-hydrogen) atoms. The molecule has 0 aliphatic rings. The molecule has 150 valence electrons. The predicted molar refractivity (Wildman–Crippen MR) is 101 cm³/mol. The van der Waals surface area contributed by atoms with Crippen molar-refractivity contribution in [1.29, 1.82) is 0 Å². The summed E-state index contributed by atoms with van der Waals surface area (Å²) in [6, 6.07) is 14.1. The number of esters is 1. The molecule has 1 heterocycles. The Bertz CT molecular complexity index is 1020. The third-order valence-corrected chi connectivity index (χ3v) is 4.29. The molecule has 0 saturated carbocycles. The molecule has 0 fully saturated rings. The Balaban J connectivity index is 1.68. The van der Waals surface area contributed by atoms with E-state index in [2.05, 4.69) is 9.84 Å². The second-order valence-corrected chi connectivity index (χ2v) is 6.26. The van der Waals surface area contributed by atoms with Gasteiger partial charge in [-0.3, -0.25) is 4.79 Å². The van der Waals surface area contributed by atoms with E-state index in [-0.39, 0.29) is 22.0 Å². The number of carbonyl (C=O) groups excluding carboxylic acids is 2. The van der Waals surface area contributed by atoms with Gasteiger partial charge in [0.15, 0.2) is 12.4 Å². The number of ketones is 1. The van der Waals surface area contributed by atoms with E-state index in [1.165, 1.54) is 28.9 Å². The second kappa shape index (κ2) is 8.83. The average Bonchev–Trinajstić information content (AvgIpc) is 3.01. The van der Waals surface area contributed by atoms with Gasteiger partial charge in [-0.2, -0.15) is 13.9 Å². The van der Waals surface area contributed by atoms with Gasteiger partial charge in [0.05, 0.1) is 11.4 Å². The summed E-state index contributed by atoms with van der Waals surface area (Å²) in [6.07, 6.45) is 0. The van der Waals surface area contributed by atoms with Crippen LogP contribution in [0.25, 0.3) is 5.69 Å². The van der Waals surface area contributed by atoms with Gasteiger partial charge in [0.1, 0.15) is 16.5 Å². The number of alkyl halides is 2. The summed E-state index contributed by atoms with van der Waals surface area (Å²) < 4.78 is 35.0. The highest BCUT2D eigenvalue weighted by atomic mass is 35.5. The molecule has 6 nitrogen and oxygen atoms in total. The summed E-state index contributed by atoms with van der Waals surface area (Å²) in [5.74, 6) is -1.38. The summed E-state index contributed by atoms with van der Waals surface area (Å²) in [5, 5.41) is 4.31. The number of para-hydroxylation sites is 1. The molecular weight excluding hydrogens is 406 g/mol. The maximum Gasteiger partial charge on any atom is 0.387 e. The van der Waals surface area contributed by atoms with Gasteiger partial charge >= 0.3 is 12.6 Å².